The Labute approximate surface area is 132 Å². The maximum absolute atomic E-state index is 13.0. The molecule has 0 fully saturated rings. The molecule has 0 amide bonds. The van der Waals surface area contributed by atoms with E-state index < -0.39 is 0 Å². The molecular weight excluding hydrogens is 274 g/mol. The fourth-order valence-corrected chi connectivity index (χ4v) is 2.60. The van der Waals surface area contributed by atoms with E-state index in [1.54, 1.807) is 7.11 Å². The zero-order chi connectivity index (χ0) is 15.8. The first-order valence-corrected chi connectivity index (χ1v) is 7.65. The summed E-state index contributed by atoms with van der Waals surface area (Å²) >= 11 is 0. The molecule has 0 saturated carbocycles. The van der Waals surface area contributed by atoms with Gasteiger partial charge in [-0.05, 0) is 12.1 Å². The van der Waals surface area contributed by atoms with Crippen molar-refractivity contribution in [1.82, 2.24) is 4.90 Å². The number of hydrogen-bond acceptors (Lipinski definition) is 3. The number of methoxy groups -OCH3 is 1. The summed E-state index contributed by atoms with van der Waals surface area (Å²) in [6.07, 6.45) is 0. The third-order valence-corrected chi connectivity index (χ3v) is 3.78. The van der Waals surface area contributed by atoms with Crippen molar-refractivity contribution in [1.29, 1.82) is 0 Å². The van der Waals surface area contributed by atoms with Gasteiger partial charge in [-0.3, -0.25) is 9.69 Å². The summed E-state index contributed by atoms with van der Waals surface area (Å²) in [4.78, 5) is 15.2. The van der Waals surface area contributed by atoms with Gasteiger partial charge in [-0.2, -0.15) is 0 Å². The van der Waals surface area contributed by atoms with Gasteiger partial charge in [-0.1, -0.05) is 67.6 Å². The Bertz CT molecular complexity index is 569. The highest BCUT2D eigenvalue weighted by molar-refractivity contribution is 6.00. The Morgan fingerprint density at radius 1 is 1.05 bits per heavy atom. The molecule has 2 aromatic rings. The van der Waals surface area contributed by atoms with Crippen LogP contribution in [0, 0.1) is 0 Å². The minimum absolute atomic E-state index is 0.129. The summed E-state index contributed by atoms with van der Waals surface area (Å²) in [6.45, 7) is 4.20. The third kappa shape index (κ3) is 4.03. The van der Waals surface area contributed by atoms with Crippen LogP contribution in [0.5, 0.6) is 0 Å². The van der Waals surface area contributed by atoms with Gasteiger partial charge in [0.1, 0.15) is 0 Å². The fourth-order valence-electron chi connectivity index (χ4n) is 2.60. The number of rotatable bonds is 8. The average Bonchev–Trinajstić information content (AvgIpc) is 2.59. The monoisotopic (exact) mass is 297 g/mol. The van der Waals surface area contributed by atoms with Crippen LogP contribution in [0.15, 0.2) is 60.7 Å². The summed E-state index contributed by atoms with van der Waals surface area (Å²) in [5.41, 5.74) is 1.77. The molecule has 0 aliphatic heterocycles. The molecule has 0 N–H and O–H groups in total. The van der Waals surface area contributed by atoms with Crippen molar-refractivity contribution < 1.29 is 9.53 Å². The van der Waals surface area contributed by atoms with Gasteiger partial charge in [0.05, 0.1) is 12.6 Å². The third-order valence-electron chi connectivity index (χ3n) is 3.78. The number of hydrogen-bond donors (Lipinski definition) is 0. The Hall–Kier alpha value is -1.97. The van der Waals surface area contributed by atoms with Crippen LogP contribution in [0.3, 0.4) is 0 Å². The number of Topliss-reactive ketones (excluding diaryl/α,β-unsaturated/α-hetero) is 1. The highest BCUT2D eigenvalue weighted by Gasteiger charge is 2.27. The van der Waals surface area contributed by atoms with E-state index in [1.807, 2.05) is 60.7 Å². The van der Waals surface area contributed by atoms with Crippen molar-refractivity contribution in [3.8, 4) is 0 Å². The second kappa shape index (κ2) is 8.47. The summed E-state index contributed by atoms with van der Waals surface area (Å²) in [7, 11) is 1.68. The van der Waals surface area contributed by atoms with Gasteiger partial charge in [-0.15, -0.1) is 0 Å². The van der Waals surface area contributed by atoms with Crippen LogP contribution in [0.2, 0.25) is 0 Å². The van der Waals surface area contributed by atoms with E-state index in [0.717, 1.165) is 24.2 Å². The molecule has 0 unspecified atom stereocenters. The highest BCUT2D eigenvalue weighted by atomic mass is 16.5. The van der Waals surface area contributed by atoms with Crippen LogP contribution >= 0.6 is 0 Å². The number of benzene rings is 2. The minimum atomic E-state index is -0.274. The second-order valence-electron chi connectivity index (χ2n) is 5.16. The molecule has 0 bridgehead atoms. The highest BCUT2D eigenvalue weighted by Crippen LogP contribution is 2.25. The first kappa shape index (κ1) is 16.4. The lowest BCUT2D eigenvalue weighted by atomic mass is 9.96. The molecule has 0 aromatic heterocycles. The normalized spacial score (nSPS) is 12.3. The van der Waals surface area contributed by atoms with Gasteiger partial charge < -0.3 is 4.74 Å². The summed E-state index contributed by atoms with van der Waals surface area (Å²) in [6, 6.07) is 19.2. The predicted molar refractivity (Wildman–Crippen MR) is 89.1 cm³/mol. The summed E-state index contributed by atoms with van der Waals surface area (Å²) in [5, 5.41) is 0. The summed E-state index contributed by atoms with van der Waals surface area (Å²) < 4.78 is 5.19. The fraction of sp³-hybridized carbons (Fsp3) is 0.316. The van der Waals surface area contributed by atoms with E-state index in [2.05, 4.69) is 11.8 Å². The maximum Gasteiger partial charge on any atom is 0.184 e. The smallest absolute Gasteiger partial charge is 0.184 e. The van der Waals surface area contributed by atoms with Gasteiger partial charge in [0.2, 0.25) is 0 Å². The first-order valence-electron chi connectivity index (χ1n) is 7.65. The molecular formula is C19H23NO2. The van der Waals surface area contributed by atoms with Crippen molar-refractivity contribution >= 4 is 5.78 Å². The number of ketones is 1. The van der Waals surface area contributed by atoms with Crippen LogP contribution in [-0.4, -0.2) is 37.5 Å². The molecule has 22 heavy (non-hydrogen) atoms. The average molecular weight is 297 g/mol. The van der Waals surface area contributed by atoms with Crippen LogP contribution in [0.25, 0.3) is 0 Å². The molecule has 0 spiro atoms. The minimum Gasteiger partial charge on any atom is -0.383 e. The molecule has 3 heteroatoms. The van der Waals surface area contributed by atoms with E-state index in [4.69, 9.17) is 4.74 Å². The molecule has 0 radical (unpaired) electrons. The number of carbonyl (C=O) groups is 1. The van der Waals surface area contributed by atoms with Gasteiger partial charge in [0.15, 0.2) is 5.78 Å². The number of nitrogens with zero attached hydrogens (tertiary/aromatic N) is 1. The number of likely N-dealkylation sites (N-methyl/N-ethyl adjacent to an activating group) is 1. The van der Waals surface area contributed by atoms with Crippen molar-refractivity contribution in [3.05, 3.63) is 71.8 Å². The lowest BCUT2D eigenvalue weighted by Crippen LogP contribution is -2.36. The Morgan fingerprint density at radius 3 is 2.18 bits per heavy atom. The molecule has 0 saturated heterocycles. The molecule has 1 atom stereocenters. The first-order chi connectivity index (χ1) is 10.8. The van der Waals surface area contributed by atoms with E-state index in [-0.39, 0.29) is 11.8 Å². The van der Waals surface area contributed by atoms with Crippen molar-refractivity contribution in [2.24, 2.45) is 0 Å². The van der Waals surface area contributed by atoms with E-state index >= 15 is 0 Å². The second-order valence-corrected chi connectivity index (χ2v) is 5.16. The molecule has 0 heterocycles. The van der Waals surface area contributed by atoms with E-state index in [9.17, 15) is 4.79 Å². The predicted octanol–water partition coefficient (Wildman–Crippen LogP) is 3.58. The van der Waals surface area contributed by atoms with Crippen LogP contribution in [0.1, 0.15) is 28.9 Å². The largest absolute Gasteiger partial charge is 0.383 e. The zero-order valence-electron chi connectivity index (χ0n) is 13.2. The Morgan fingerprint density at radius 2 is 1.64 bits per heavy atom. The lowest BCUT2D eigenvalue weighted by molar-refractivity contribution is 0.0761. The van der Waals surface area contributed by atoms with E-state index in [1.165, 1.54) is 0 Å². The molecule has 3 nitrogen and oxygen atoms in total. The molecule has 0 aliphatic carbocycles. The van der Waals surface area contributed by atoms with Gasteiger partial charge in [-0.25, -0.2) is 0 Å². The van der Waals surface area contributed by atoms with Crippen molar-refractivity contribution in [2.45, 2.75) is 13.0 Å². The van der Waals surface area contributed by atoms with Crippen LogP contribution < -0.4 is 0 Å². The van der Waals surface area contributed by atoms with Crippen LogP contribution in [-0.2, 0) is 4.74 Å². The van der Waals surface area contributed by atoms with Gasteiger partial charge in [0.25, 0.3) is 0 Å². The molecule has 116 valence electrons. The molecule has 0 aliphatic rings. The Kier molecular flexibility index (Phi) is 6.31. The van der Waals surface area contributed by atoms with Gasteiger partial charge >= 0.3 is 0 Å². The lowest BCUT2D eigenvalue weighted by Gasteiger charge is -2.30. The van der Waals surface area contributed by atoms with E-state index in [0.29, 0.717) is 6.61 Å². The standard InChI is InChI=1S/C19H23NO2/c1-3-20(14-15-22-2)18(16-10-6-4-7-11-16)19(21)17-12-8-5-9-13-17/h4-13,18H,3,14-15H2,1-2H3/t18-/m0/s1. The topological polar surface area (TPSA) is 29.5 Å². The number of ether oxygens (including phenoxy) is 1. The number of carbonyl (C=O) groups excluding carboxylic acids is 1. The quantitative estimate of drug-likeness (QED) is 0.698. The summed E-state index contributed by atoms with van der Waals surface area (Å²) in [5.74, 6) is 0.129. The van der Waals surface area contributed by atoms with Crippen molar-refractivity contribution in [3.63, 3.8) is 0 Å². The zero-order valence-corrected chi connectivity index (χ0v) is 13.2. The van der Waals surface area contributed by atoms with Crippen LogP contribution in [0.4, 0.5) is 0 Å². The molecule has 2 aromatic carbocycles. The molecule has 2 rings (SSSR count). The van der Waals surface area contributed by atoms with Crippen molar-refractivity contribution in [2.75, 3.05) is 26.8 Å². The Balaban J connectivity index is 2.34. The SMILES string of the molecule is CCN(CCOC)[C@H](C(=O)c1ccccc1)c1ccccc1. The maximum atomic E-state index is 13.0. The van der Waals surface area contributed by atoms with Gasteiger partial charge in [0, 0.05) is 19.2 Å².